The van der Waals surface area contributed by atoms with Gasteiger partial charge in [-0.3, -0.25) is 0 Å². The number of nitrogens with one attached hydrogen (secondary N) is 1. The molecule has 1 heterocycles. The lowest BCUT2D eigenvalue weighted by Gasteiger charge is -2.32. The molecule has 118 valence electrons. The highest BCUT2D eigenvalue weighted by Crippen LogP contribution is 2.30. The van der Waals surface area contributed by atoms with Crippen LogP contribution in [0.2, 0.25) is 0 Å². The van der Waals surface area contributed by atoms with E-state index in [2.05, 4.69) is 31.1 Å². The number of nitrogen functional groups attached to an aromatic ring is 1. The second-order valence-electron chi connectivity index (χ2n) is 6.50. The molecule has 21 heavy (non-hydrogen) atoms. The molecule has 4 heteroatoms. The fourth-order valence-corrected chi connectivity index (χ4v) is 2.97. The van der Waals surface area contributed by atoms with Crippen molar-refractivity contribution in [3.63, 3.8) is 0 Å². The number of hydrogen-bond donors (Lipinski definition) is 2. The smallest absolute Gasteiger partial charge is 0.239 e. The Hall–Kier alpha value is -1.45. The summed E-state index contributed by atoms with van der Waals surface area (Å²) in [6, 6.07) is 4.37. The number of rotatable bonds is 6. The number of nitrogens with two attached hydrogens (primary N) is 1. The summed E-state index contributed by atoms with van der Waals surface area (Å²) in [6.07, 6.45) is 6.43. The predicted octanol–water partition coefficient (Wildman–Crippen LogP) is 4.08. The highest BCUT2D eigenvalue weighted by atomic mass is 16.5. The lowest BCUT2D eigenvalue weighted by molar-refractivity contribution is 0.263. The van der Waals surface area contributed by atoms with E-state index in [0.717, 1.165) is 11.7 Å². The lowest BCUT2D eigenvalue weighted by atomic mass is 9.83. The van der Waals surface area contributed by atoms with E-state index >= 15 is 0 Å². The number of nitrogens with zero attached hydrogens (tertiary/aromatic N) is 1. The Morgan fingerprint density at radius 3 is 2.81 bits per heavy atom. The van der Waals surface area contributed by atoms with E-state index in [1.165, 1.54) is 32.1 Å². The zero-order chi connectivity index (χ0) is 15.2. The SMILES string of the molecule is CCC1CCCCC1Nc1ccc(N)c(OCC(C)C)n1. The van der Waals surface area contributed by atoms with Gasteiger partial charge in [-0.05, 0) is 36.8 Å². The Balaban J connectivity index is 2.03. The molecule has 0 bridgehead atoms. The number of ether oxygens (including phenoxy) is 1. The maximum Gasteiger partial charge on any atom is 0.239 e. The molecular weight excluding hydrogens is 262 g/mol. The fourth-order valence-electron chi connectivity index (χ4n) is 2.97. The molecule has 0 amide bonds. The van der Waals surface area contributed by atoms with Gasteiger partial charge in [0.2, 0.25) is 5.88 Å². The topological polar surface area (TPSA) is 60.2 Å². The van der Waals surface area contributed by atoms with Crippen LogP contribution in [0.3, 0.4) is 0 Å². The minimum atomic E-state index is 0.464. The minimum absolute atomic E-state index is 0.464. The van der Waals surface area contributed by atoms with Crippen LogP contribution in [0.25, 0.3) is 0 Å². The molecule has 1 fully saturated rings. The van der Waals surface area contributed by atoms with Crippen LogP contribution in [0.4, 0.5) is 11.5 Å². The molecular formula is C17H29N3O. The first-order valence-corrected chi connectivity index (χ1v) is 8.26. The summed E-state index contributed by atoms with van der Waals surface area (Å²) in [7, 11) is 0. The third-order valence-corrected chi connectivity index (χ3v) is 4.21. The largest absolute Gasteiger partial charge is 0.476 e. The van der Waals surface area contributed by atoms with Gasteiger partial charge in [0.25, 0.3) is 0 Å². The van der Waals surface area contributed by atoms with Crippen LogP contribution >= 0.6 is 0 Å². The third-order valence-electron chi connectivity index (χ3n) is 4.21. The van der Waals surface area contributed by atoms with Crippen LogP contribution in [-0.4, -0.2) is 17.6 Å². The Morgan fingerprint density at radius 1 is 1.33 bits per heavy atom. The van der Waals surface area contributed by atoms with E-state index < -0.39 is 0 Å². The molecule has 0 radical (unpaired) electrons. The maximum atomic E-state index is 5.95. The molecule has 1 saturated carbocycles. The summed E-state index contributed by atoms with van der Waals surface area (Å²) in [5.74, 6) is 2.65. The Morgan fingerprint density at radius 2 is 2.10 bits per heavy atom. The maximum absolute atomic E-state index is 5.95. The van der Waals surface area contributed by atoms with Crippen molar-refractivity contribution < 1.29 is 4.74 Å². The molecule has 4 nitrogen and oxygen atoms in total. The van der Waals surface area contributed by atoms with Gasteiger partial charge in [-0.2, -0.15) is 4.98 Å². The zero-order valence-electron chi connectivity index (χ0n) is 13.6. The summed E-state index contributed by atoms with van der Waals surface area (Å²) in [5, 5.41) is 3.59. The molecule has 2 unspecified atom stereocenters. The Bertz CT molecular complexity index is 448. The minimum Gasteiger partial charge on any atom is -0.476 e. The van der Waals surface area contributed by atoms with E-state index in [1.807, 2.05) is 12.1 Å². The number of anilines is 2. The summed E-state index contributed by atoms with van der Waals surface area (Å²) in [5.41, 5.74) is 6.56. The molecule has 1 aliphatic carbocycles. The first-order chi connectivity index (χ1) is 10.1. The first kappa shape index (κ1) is 15.9. The van der Waals surface area contributed by atoms with Crippen LogP contribution in [0.5, 0.6) is 5.88 Å². The van der Waals surface area contributed by atoms with E-state index in [0.29, 0.717) is 30.1 Å². The van der Waals surface area contributed by atoms with Gasteiger partial charge in [0.1, 0.15) is 5.82 Å². The second-order valence-corrected chi connectivity index (χ2v) is 6.50. The lowest BCUT2D eigenvalue weighted by Crippen LogP contribution is -2.32. The predicted molar refractivity (Wildman–Crippen MR) is 88.6 cm³/mol. The molecule has 0 aromatic carbocycles. The standard InChI is InChI=1S/C17H29N3O/c1-4-13-7-5-6-8-15(13)19-16-10-9-14(18)17(20-16)21-11-12(2)3/h9-10,12-13,15H,4-8,11,18H2,1-3H3,(H,19,20). The molecule has 2 atom stereocenters. The van der Waals surface area contributed by atoms with Crippen molar-refractivity contribution >= 4 is 11.5 Å². The molecule has 1 aliphatic rings. The number of hydrogen-bond acceptors (Lipinski definition) is 4. The van der Waals surface area contributed by atoms with Crippen molar-refractivity contribution in [3.05, 3.63) is 12.1 Å². The van der Waals surface area contributed by atoms with Crippen molar-refractivity contribution in [2.75, 3.05) is 17.7 Å². The van der Waals surface area contributed by atoms with Crippen molar-refractivity contribution in [3.8, 4) is 5.88 Å². The summed E-state index contributed by atoms with van der Waals surface area (Å²) in [4.78, 5) is 4.55. The van der Waals surface area contributed by atoms with Gasteiger partial charge in [-0.15, -0.1) is 0 Å². The van der Waals surface area contributed by atoms with Crippen LogP contribution in [0.15, 0.2) is 12.1 Å². The highest BCUT2D eigenvalue weighted by Gasteiger charge is 2.23. The van der Waals surface area contributed by atoms with Crippen molar-refractivity contribution in [1.82, 2.24) is 4.98 Å². The summed E-state index contributed by atoms with van der Waals surface area (Å²) < 4.78 is 5.71. The van der Waals surface area contributed by atoms with Crippen LogP contribution in [0, 0.1) is 11.8 Å². The Labute approximate surface area is 128 Å². The van der Waals surface area contributed by atoms with Crippen LogP contribution in [-0.2, 0) is 0 Å². The molecule has 0 saturated heterocycles. The number of pyridine rings is 1. The quantitative estimate of drug-likeness (QED) is 0.829. The van der Waals surface area contributed by atoms with E-state index in [4.69, 9.17) is 10.5 Å². The van der Waals surface area contributed by atoms with Crippen molar-refractivity contribution in [1.29, 1.82) is 0 Å². The monoisotopic (exact) mass is 291 g/mol. The molecule has 3 N–H and O–H groups in total. The van der Waals surface area contributed by atoms with Gasteiger partial charge in [-0.1, -0.05) is 40.0 Å². The molecule has 1 aromatic heterocycles. The first-order valence-electron chi connectivity index (χ1n) is 8.26. The zero-order valence-corrected chi connectivity index (χ0v) is 13.6. The van der Waals surface area contributed by atoms with Crippen LogP contribution in [0.1, 0.15) is 52.9 Å². The van der Waals surface area contributed by atoms with Gasteiger partial charge in [0, 0.05) is 6.04 Å². The summed E-state index contributed by atoms with van der Waals surface area (Å²) >= 11 is 0. The Kier molecular flexibility index (Phi) is 5.71. The van der Waals surface area contributed by atoms with Gasteiger partial charge in [0.15, 0.2) is 0 Å². The normalized spacial score (nSPS) is 22.3. The summed E-state index contributed by atoms with van der Waals surface area (Å²) in [6.45, 7) is 7.15. The third kappa shape index (κ3) is 4.51. The molecule has 0 aliphatic heterocycles. The fraction of sp³-hybridized carbons (Fsp3) is 0.706. The second kappa shape index (κ2) is 7.53. The van der Waals surface area contributed by atoms with E-state index in [1.54, 1.807) is 0 Å². The van der Waals surface area contributed by atoms with Gasteiger partial charge >= 0.3 is 0 Å². The van der Waals surface area contributed by atoms with Gasteiger partial charge in [0.05, 0.1) is 12.3 Å². The van der Waals surface area contributed by atoms with E-state index in [9.17, 15) is 0 Å². The molecule has 0 spiro atoms. The van der Waals surface area contributed by atoms with E-state index in [-0.39, 0.29) is 0 Å². The van der Waals surface area contributed by atoms with Crippen LogP contribution < -0.4 is 15.8 Å². The average Bonchev–Trinajstić information content (AvgIpc) is 2.48. The van der Waals surface area contributed by atoms with Gasteiger partial charge in [-0.25, -0.2) is 0 Å². The average molecular weight is 291 g/mol. The molecule has 2 rings (SSSR count). The number of aromatic nitrogens is 1. The van der Waals surface area contributed by atoms with Crippen molar-refractivity contribution in [2.24, 2.45) is 11.8 Å². The molecule has 1 aromatic rings. The highest BCUT2D eigenvalue weighted by molar-refractivity contribution is 5.53. The van der Waals surface area contributed by atoms with Crippen molar-refractivity contribution in [2.45, 2.75) is 58.9 Å². The van der Waals surface area contributed by atoms with Gasteiger partial charge < -0.3 is 15.8 Å².